The van der Waals surface area contributed by atoms with Crippen molar-refractivity contribution < 1.29 is 4.74 Å². The molecule has 1 atom stereocenters. The van der Waals surface area contributed by atoms with Gasteiger partial charge in [-0.3, -0.25) is 9.69 Å². The minimum atomic E-state index is -0.260. The summed E-state index contributed by atoms with van der Waals surface area (Å²) in [5.41, 5.74) is 2.25. The monoisotopic (exact) mass is 460 g/mol. The molecule has 0 bridgehead atoms. The first-order valence-corrected chi connectivity index (χ1v) is 11.6. The van der Waals surface area contributed by atoms with Gasteiger partial charge in [0.1, 0.15) is 5.75 Å². The number of aromatic nitrogens is 5. The highest BCUT2D eigenvalue weighted by atomic mass is 16.5. The Balaban J connectivity index is 1.75. The van der Waals surface area contributed by atoms with Crippen molar-refractivity contribution in [2.45, 2.75) is 58.8 Å². The number of fused-ring (bicyclic) bond motifs is 1. The van der Waals surface area contributed by atoms with Gasteiger partial charge in [-0.2, -0.15) is 0 Å². The standard InChI is InChI=1S/C26H32N6O2/c1-6-23(24-28-29-30-32(24)26(2,3)4)31(16-18-10-8-7-9-11-18)17-20-14-19-12-13-21(34-5)15-22(19)27-25(20)33/h7-15,23H,6,16-17H2,1-5H3,(H,27,33)/t23-/m0/s1. The number of benzene rings is 2. The molecule has 0 saturated heterocycles. The van der Waals surface area contributed by atoms with Gasteiger partial charge in [-0.05, 0) is 66.8 Å². The fourth-order valence-corrected chi connectivity index (χ4v) is 4.27. The first kappa shape index (κ1) is 23.6. The highest BCUT2D eigenvalue weighted by Gasteiger charge is 2.29. The van der Waals surface area contributed by atoms with Crippen LogP contribution in [0.25, 0.3) is 10.9 Å². The van der Waals surface area contributed by atoms with Crippen LogP contribution in [0.3, 0.4) is 0 Å². The molecule has 0 aliphatic carbocycles. The molecule has 0 radical (unpaired) electrons. The van der Waals surface area contributed by atoms with Crippen LogP contribution in [-0.2, 0) is 18.6 Å². The maximum atomic E-state index is 13.1. The molecule has 0 spiro atoms. The second kappa shape index (κ2) is 9.77. The van der Waals surface area contributed by atoms with E-state index in [4.69, 9.17) is 4.74 Å². The highest BCUT2D eigenvalue weighted by molar-refractivity contribution is 5.80. The average molecular weight is 461 g/mol. The average Bonchev–Trinajstić information content (AvgIpc) is 3.30. The van der Waals surface area contributed by atoms with Crippen LogP contribution in [0.15, 0.2) is 59.4 Å². The number of tetrazole rings is 1. The number of hydrogen-bond donors (Lipinski definition) is 1. The third kappa shape index (κ3) is 5.02. The molecule has 178 valence electrons. The van der Waals surface area contributed by atoms with Crippen molar-refractivity contribution in [1.29, 1.82) is 0 Å². The van der Waals surface area contributed by atoms with E-state index in [9.17, 15) is 4.79 Å². The van der Waals surface area contributed by atoms with E-state index in [1.807, 2.05) is 47.1 Å². The van der Waals surface area contributed by atoms with Crippen LogP contribution in [0.2, 0.25) is 0 Å². The van der Waals surface area contributed by atoms with E-state index in [-0.39, 0.29) is 17.1 Å². The Morgan fingerprint density at radius 3 is 2.53 bits per heavy atom. The van der Waals surface area contributed by atoms with Crippen molar-refractivity contribution in [2.75, 3.05) is 7.11 Å². The fourth-order valence-electron chi connectivity index (χ4n) is 4.27. The summed E-state index contributed by atoms with van der Waals surface area (Å²) in [6.45, 7) is 9.51. The van der Waals surface area contributed by atoms with Gasteiger partial charge >= 0.3 is 0 Å². The Kier molecular flexibility index (Phi) is 6.79. The number of hydrogen-bond acceptors (Lipinski definition) is 6. The summed E-state index contributed by atoms with van der Waals surface area (Å²) in [6, 6.07) is 17.9. The lowest BCUT2D eigenvalue weighted by atomic mass is 10.1. The Morgan fingerprint density at radius 2 is 1.85 bits per heavy atom. The molecule has 4 aromatic rings. The van der Waals surface area contributed by atoms with E-state index in [2.05, 4.69) is 65.2 Å². The summed E-state index contributed by atoms with van der Waals surface area (Å²) in [5.74, 6) is 1.51. The number of aromatic amines is 1. The first-order chi connectivity index (χ1) is 16.3. The molecule has 2 aromatic heterocycles. The number of pyridine rings is 1. The lowest BCUT2D eigenvalue weighted by Crippen LogP contribution is -2.35. The summed E-state index contributed by atoms with van der Waals surface area (Å²) in [4.78, 5) is 18.4. The molecular formula is C26H32N6O2. The lowest BCUT2D eigenvalue weighted by Gasteiger charge is -2.32. The van der Waals surface area contributed by atoms with Gasteiger partial charge in [-0.15, -0.1) is 5.10 Å². The quantitative estimate of drug-likeness (QED) is 0.418. The van der Waals surface area contributed by atoms with Crippen LogP contribution in [-0.4, -0.2) is 37.2 Å². The number of methoxy groups -OCH3 is 1. The van der Waals surface area contributed by atoms with Gasteiger partial charge in [-0.25, -0.2) is 4.68 Å². The number of ether oxygens (including phenoxy) is 1. The van der Waals surface area contributed by atoms with Crippen molar-refractivity contribution in [2.24, 2.45) is 0 Å². The van der Waals surface area contributed by atoms with Gasteiger partial charge in [-0.1, -0.05) is 37.3 Å². The van der Waals surface area contributed by atoms with E-state index < -0.39 is 0 Å². The number of nitrogens with one attached hydrogen (secondary N) is 1. The lowest BCUT2D eigenvalue weighted by molar-refractivity contribution is 0.153. The summed E-state index contributed by atoms with van der Waals surface area (Å²) in [5, 5.41) is 13.6. The molecule has 1 N–H and O–H groups in total. The molecule has 2 aromatic carbocycles. The van der Waals surface area contributed by atoms with Crippen molar-refractivity contribution in [3.05, 3.63) is 81.9 Å². The highest BCUT2D eigenvalue weighted by Crippen LogP contribution is 2.29. The minimum absolute atomic E-state index is 0.0691. The smallest absolute Gasteiger partial charge is 0.252 e. The summed E-state index contributed by atoms with van der Waals surface area (Å²) >= 11 is 0. The van der Waals surface area contributed by atoms with E-state index in [0.29, 0.717) is 24.4 Å². The van der Waals surface area contributed by atoms with Gasteiger partial charge in [0.25, 0.3) is 5.56 Å². The Bertz CT molecular complexity index is 1310. The van der Waals surface area contributed by atoms with Crippen LogP contribution in [0.5, 0.6) is 5.75 Å². The molecule has 4 rings (SSSR count). The molecule has 0 aliphatic heterocycles. The van der Waals surface area contributed by atoms with Crippen LogP contribution in [0.4, 0.5) is 0 Å². The van der Waals surface area contributed by atoms with E-state index >= 15 is 0 Å². The molecule has 34 heavy (non-hydrogen) atoms. The zero-order valence-electron chi connectivity index (χ0n) is 20.4. The van der Waals surface area contributed by atoms with Gasteiger partial charge in [0.2, 0.25) is 0 Å². The van der Waals surface area contributed by atoms with Gasteiger partial charge < -0.3 is 9.72 Å². The molecule has 0 amide bonds. The minimum Gasteiger partial charge on any atom is -0.497 e. The molecule has 8 heteroatoms. The molecular weight excluding hydrogens is 428 g/mol. The largest absolute Gasteiger partial charge is 0.497 e. The van der Waals surface area contributed by atoms with Crippen LogP contribution >= 0.6 is 0 Å². The second-order valence-electron chi connectivity index (χ2n) is 9.51. The van der Waals surface area contributed by atoms with Crippen molar-refractivity contribution in [1.82, 2.24) is 30.1 Å². The third-order valence-corrected chi connectivity index (χ3v) is 5.99. The predicted molar refractivity (Wildman–Crippen MR) is 133 cm³/mol. The van der Waals surface area contributed by atoms with Crippen LogP contribution in [0.1, 0.15) is 57.1 Å². The number of H-pyrrole nitrogens is 1. The predicted octanol–water partition coefficient (Wildman–Crippen LogP) is 4.43. The number of rotatable bonds is 8. The van der Waals surface area contributed by atoms with Crippen molar-refractivity contribution in [3.63, 3.8) is 0 Å². The molecule has 8 nitrogen and oxygen atoms in total. The van der Waals surface area contributed by atoms with E-state index in [0.717, 1.165) is 28.7 Å². The zero-order valence-corrected chi connectivity index (χ0v) is 20.4. The van der Waals surface area contributed by atoms with Crippen LogP contribution < -0.4 is 10.3 Å². The summed E-state index contributed by atoms with van der Waals surface area (Å²) < 4.78 is 7.18. The number of nitrogens with zero attached hydrogens (tertiary/aromatic N) is 5. The Labute approximate surface area is 199 Å². The Hall–Kier alpha value is -3.52. The molecule has 0 saturated carbocycles. The second-order valence-corrected chi connectivity index (χ2v) is 9.51. The van der Waals surface area contributed by atoms with Gasteiger partial charge in [0.15, 0.2) is 5.82 Å². The molecule has 0 fully saturated rings. The van der Waals surface area contributed by atoms with Crippen LogP contribution in [0, 0.1) is 0 Å². The molecule has 0 aliphatic rings. The van der Waals surface area contributed by atoms with E-state index in [1.54, 1.807) is 7.11 Å². The van der Waals surface area contributed by atoms with Crippen molar-refractivity contribution >= 4 is 10.9 Å². The third-order valence-electron chi connectivity index (χ3n) is 5.99. The first-order valence-electron chi connectivity index (χ1n) is 11.6. The fraction of sp³-hybridized carbons (Fsp3) is 0.385. The normalized spacial score (nSPS) is 12.9. The topological polar surface area (TPSA) is 88.9 Å². The zero-order chi connectivity index (χ0) is 24.3. The van der Waals surface area contributed by atoms with E-state index in [1.165, 1.54) is 0 Å². The Morgan fingerprint density at radius 1 is 1.09 bits per heavy atom. The maximum Gasteiger partial charge on any atom is 0.252 e. The maximum absolute atomic E-state index is 13.1. The molecule has 0 unspecified atom stereocenters. The molecule has 2 heterocycles. The summed E-state index contributed by atoms with van der Waals surface area (Å²) in [7, 11) is 1.62. The SMILES string of the molecule is CC[C@@H](c1nnnn1C(C)(C)C)N(Cc1ccccc1)Cc1cc2ccc(OC)cc2[nH]c1=O. The van der Waals surface area contributed by atoms with Crippen molar-refractivity contribution in [3.8, 4) is 5.75 Å². The van der Waals surface area contributed by atoms with Gasteiger partial charge in [0.05, 0.1) is 24.2 Å². The van der Waals surface area contributed by atoms with Gasteiger partial charge in [0, 0.05) is 24.7 Å². The summed E-state index contributed by atoms with van der Waals surface area (Å²) in [6.07, 6.45) is 0.798.